The van der Waals surface area contributed by atoms with Gasteiger partial charge in [0.05, 0.1) is 0 Å². The average Bonchev–Trinajstić information content (AvgIpc) is 2.33. The van der Waals surface area contributed by atoms with Gasteiger partial charge in [0.25, 0.3) is 10.2 Å². The molecule has 0 saturated carbocycles. The van der Waals surface area contributed by atoms with Crippen LogP contribution in [0, 0.1) is 11.3 Å². The molecular weight excluding hydrogens is 276 g/mol. The first-order chi connectivity index (χ1) is 9.16. The first-order valence-corrected chi connectivity index (χ1v) is 8.92. The number of aliphatic hydroxyl groups excluding tert-OH is 1. The zero-order valence-electron chi connectivity index (χ0n) is 13.3. The lowest BCUT2D eigenvalue weighted by atomic mass is 9.97. The highest BCUT2D eigenvalue weighted by molar-refractivity contribution is 7.86. The fourth-order valence-corrected chi connectivity index (χ4v) is 4.61. The third-order valence-corrected chi connectivity index (χ3v) is 5.44. The van der Waals surface area contributed by atoms with Crippen molar-refractivity contribution in [1.82, 2.24) is 8.61 Å². The summed E-state index contributed by atoms with van der Waals surface area (Å²) in [4.78, 5) is 0. The van der Waals surface area contributed by atoms with E-state index >= 15 is 0 Å². The van der Waals surface area contributed by atoms with Crippen molar-refractivity contribution in [2.45, 2.75) is 47.0 Å². The van der Waals surface area contributed by atoms with Crippen LogP contribution in [0.25, 0.3) is 0 Å². The molecule has 0 amide bonds. The first-order valence-electron chi connectivity index (χ1n) is 7.53. The Bertz CT molecular complexity index is 390. The third kappa shape index (κ3) is 5.31. The van der Waals surface area contributed by atoms with E-state index in [9.17, 15) is 8.42 Å². The van der Waals surface area contributed by atoms with Crippen molar-refractivity contribution in [3.63, 3.8) is 0 Å². The Balaban J connectivity index is 2.85. The van der Waals surface area contributed by atoms with Crippen LogP contribution in [-0.4, -0.2) is 54.9 Å². The molecule has 1 aliphatic heterocycles. The van der Waals surface area contributed by atoms with Crippen LogP contribution in [0.2, 0.25) is 0 Å². The second-order valence-corrected chi connectivity index (χ2v) is 9.01. The van der Waals surface area contributed by atoms with Crippen LogP contribution in [0.1, 0.15) is 47.0 Å². The van der Waals surface area contributed by atoms with Crippen LogP contribution in [-0.2, 0) is 10.2 Å². The van der Waals surface area contributed by atoms with E-state index in [1.54, 1.807) is 8.61 Å². The summed E-state index contributed by atoms with van der Waals surface area (Å²) in [6, 6.07) is 0. The molecule has 0 aromatic rings. The SMILES string of the molecule is CC1CCCN(S(=O)(=O)N(CCCO)CC(C)(C)C)C1. The molecular formula is C14H30N2O3S. The summed E-state index contributed by atoms with van der Waals surface area (Å²) >= 11 is 0. The largest absolute Gasteiger partial charge is 0.396 e. The van der Waals surface area contributed by atoms with Crippen molar-refractivity contribution in [3.05, 3.63) is 0 Å². The molecule has 6 heteroatoms. The van der Waals surface area contributed by atoms with Gasteiger partial charge < -0.3 is 5.11 Å². The van der Waals surface area contributed by atoms with Crippen LogP contribution in [0.5, 0.6) is 0 Å². The van der Waals surface area contributed by atoms with Gasteiger partial charge in [-0.2, -0.15) is 17.0 Å². The highest BCUT2D eigenvalue weighted by atomic mass is 32.2. The first kappa shape index (κ1) is 17.9. The predicted octanol–water partition coefficient (Wildman–Crippen LogP) is 1.69. The number of hydrogen-bond donors (Lipinski definition) is 1. The molecule has 0 bridgehead atoms. The van der Waals surface area contributed by atoms with Gasteiger partial charge in [-0.1, -0.05) is 27.7 Å². The predicted molar refractivity (Wildman–Crippen MR) is 81.6 cm³/mol. The molecule has 0 spiro atoms. The Kier molecular flexibility index (Phi) is 6.44. The lowest BCUT2D eigenvalue weighted by molar-refractivity contribution is 0.215. The summed E-state index contributed by atoms with van der Waals surface area (Å²) in [6.07, 6.45) is 2.52. The third-order valence-electron chi connectivity index (χ3n) is 3.49. The minimum absolute atomic E-state index is 0.0204. The van der Waals surface area contributed by atoms with Gasteiger partial charge in [0.15, 0.2) is 0 Å². The molecule has 0 aromatic heterocycles. The van der Waals surface area contributed by atoms with Crippen molar-refractivity contribution >= 4 is 10.2 Å². The van der Waals surface area contributed by atoms with Crippen LogP contribution < -0.4 is 0 Å². The summed E-state index contributed by atoms with van der Waals surface area (Å²) in [5.41, 5.74) is -0.0933. The molecule has 1 atom stereocenters. The summed E-state index contributed by atoms with van der Waals surface area (Å²) in [5.74, 6) is 0.424. The van der Waals surface area contributed by atoms with E-state index in [-0.39, 0.29) is 12.0 Å². The van der Waals surface area contributed by atoms with E-state index in [4.69, 9.17) is 5.11 Å². The molecule has 1 saturated heterocycles. The standard InChI is InChI=1S/C14H30N2O3S/c1-13-7-5-8-15(11-13)20(18,19)16(9-6-10-17)12-14(2,3)4/h13,17H,5-12H2,1-4H3. The lowest BCUT2D eigenvalue weighted by Gasteiger charge is -2.36. The van der Waals surface area contributed by atoms with Crippen molar-refractivity contribution in [2.75, 3.05) is 32.8 Å². The molecule has 0 radical (unpaired) electrons. The van der Waals surface area contributed by atoms with E-state index in [1.807, 2.05) is 20.8 Å². The van der Waals surface area contributed by atoms with E-state index in [2.05, 4.69) is 6.92 Å². The molecule has 20 heavy (non-hydrogen) atoms. The highest BCUT2D eigenvalue weighted by Crippen LogP contribution is 2.24. The Hall–Kier alpha value is -0.170. The van der Waals surface area contributed by atoms with Gasteiger partial charge >= 0.3 is 0 Å². The number of aliphatic hydroxyl groups is 1. The van der Waals surface area contributed by atoms with Gasteiger partial charge in [0, 0.05) is 32.8 Å². The topological polar surface area (TPSA) is 60.9 Å². The van der Waals surface area contributed by atoms with Crippen LogP contribution in [0.15, 0.2) is 0 Å². The fourth-order valence-electron chi connectivity index (χ4n) is 2.57. The second kappa shape index (κ2) is 7.20. The van der Waals surface area contributed by atoms with Gasteiger partial charge in [-0.25, -0.2) is 0 Å². The van der Waals surface area contributed by atoms with Crippen LogP contribution in [0.3, 0.4) is 0 Å². The number of nitrogens with zero attached hydrogens (tertiary/aromatic N) is 2. The van der Waals surface area contributed by atoms with E-state index in [0.29, 0.717) is 38.5 Å². The molecule has 1 unspecified atom stereocenters. The van der Waals surface area contributed by atoms with Crippen molar-refractivity contribution in [1.29, 1.82) is 0 Å². The molecule has 1 heterocycles. The molecule has 120 valence electrons. The summed E-state index contributed by atoms with van der Waals surface area (Å²) in [5, 5.41) is 9.00. The summed E-state index contributed by atoms with van der Waals surface area (Å²) in [6.45, 7) is 10.3. The molecule has 1 N–H and O–H groups in total. The van der Waals surface area contributed by atoms with Crippen LogP contribution >= 0.6 is 0 Å². The normalized spacial score (nSPS) is 22.4. The van der Waals surface area contributed by atoms with E-state index < -0.39 is 10.2 Å². The summed E-state index contributed by atoms with van der Waals surface area (Å²) < 4.78 is 28.7. The van der Waals surface area contributed by atoms with E-state index in [0.717, 1.165) is 12.8 Å². The number of rotatable bonds is 6. The van der Waals surface area contributed by atoms with Gasteiger partial charge in [0.2, 0.25) is 0 Å². The van der Waals surface area contributed by atoms with Crippen molar-refractivity contribution in [2.24, 2.45) is 11.3 Å². The monoisotopic (exact) mass is 306 g/mol. The van der Waals surface area contributed by atoms with Gasteiger partial charge in [-0.3, -0.25) is 0 Å². The van der Waals surface area contributed by atoms with Gasteiger partial charge in [-0.05, 0) is 30.6 Å². The minimum Gasteiger partial charge on any atom is -0.396 e. The molecule has 0 aliphatic carbocycles. The molecule has 5 nitrogen and oxygen atoms in total. The van der Waals surface area contributed by atoms with Crippen molar-refractivity contribution < 1.29 is 13.5 Å². The van der Waals surface area contributed by atoms with Crippen LogP contribution in [0.4, 0.5) is 0 Å². The zero-order valence-corrected chi connectivity index (χ0v) is 14.1. The fraction of sp³-hybridized carbons (Fsp3) is 1.00. The molecule has 1 aliphatic rings. The molecule has 0 aromatic carbocycles. The molecule has 1 rings (SSSR count). The number of hydrogen-bond acceptors (Lipinski definition) is 3. The minimum atomic E-state index is -3.41. The maximum absolute atomic E-state index is 12.8. The maximum atomic E-state index is 12.8. The average molecular weight is 306 g/mol. The molecule has 1 fully saturated rings. The zero-order chi connectivity index (χ0) is 15.4. The quantitative estimate of drug-likeness (QED) is 0.812. The Morgan fingerprint density at radius 3 is 2.50 bits per heavy atom. The lowest BCUT2D eigenvalue weighted by Crippen LogP contribution is -2.50. The Labute approximate surface area is 124 Å². The smallest absolute Gasteiger partial charge is 0.282 e. The summed E-state index contributed by atoms with van der Waals surface area (Å²) in [7, 11) is -3.41. The highest BCUT2D eigenvalue weighted by Gasteiger charge is 2.34. The van der Waals surface area contributed by atoms with E-state index in [1.165, 1.54) is 0 Å². The maximum Gasteiger partial charge on any atom is 0.282 e. The Morgan fingerprint density at radius 1 is 1.35 bits per heavy atom. The Morgan fingerprint density at radius 2 is 2.00 bits per heavy atom. The van der Waals surface area contributed by atoms with Crippen molar-refractivity contribution in [3.8, 4) is 0 Å². The number of piperidine rings is 1. The van der Waals surface area contributed by atoms with Gasteiger partial charge in [-0.15, -0.1) is 0 Å². The second-order valence-electron chi connectivity index (χ2n) is 7.08. The van der Waals surface area contributed by atoms with Gasteiger partial charge in [0.1, 0.15) is 0 Å².